The first-order valence-electron chi connectivity index (χ1n) is 22.3. The van der Waals surface area contributed by atoms with Gasteiger partial charge in [0.15, 0.2) is 0 Å². The van der Waals surface area contributed by atoms with Gasteiger partial charge in [0.05, 0.1) is 17.9 Å². The predicted octanol–water partition coefficient (Wildman–Crippen LogP) is 13.5. The van der Waals surface area contributed by atoms with Crippen LogP contribution < -0.4 is 5.32 Å². The monoisotopic (exact) mass is 764 g/mol. The molecule has 0 aromatic heterocycles. The van der Waals surface area contributed by atoms with Crippen LogP contribution in [0.5, 0.6) is 0 Å². The average Bonchev–Trinajstić information content (AvgIpc) is 3.12. The lowest BCUT2D eigenvalue weighted by Gasteiger charge is -2.21. The number of aliphatic hydroxyl groups excluding tert-OH is 1. The summed E-state index contributed by atoms with van der Waals surface area (Å²) in [5.74, 6) is -1.01. The van der Waals surface area contributed by atoms with Crippen molar-refractivity contribution in [1.29, 1.82) is 0 Å². The first-order chi connectivity index (χ1) is 25.8. The molecule has 3 N–H and O–H groups in total. The summed E-state index contributed by atoms with van der Waals surface area (Å²) in [7, 11) is -4.36. The largest absolute Gasteiger partial charge is 0.387 e. The van der Waals surface area contributed by atoms with E-state index >= 15 is 0 Å². The standard InChI is InChI=1S/C46H85NO5S/c1-3-5-7-9-11-13-15-17-19-20-21-22-23-24-25-26-28-30-32-34-36-38-40-42-46(49)47-44(43-53(50,51)52)45(48)41-39-37-35-33-31-29-27-18-16-14-12-10-8-6-4-2/h16,18,20-21,31,33,39,41,44-45,48H,3-15,17,19,22-30,32,34-38,40,42-43H2,1-2H3,(H,47,49)(H,50,51,52)/b18-16+,21-20-,33-31+,41-39+. The summed E-state index contributed by atoms with van der Waals surface area (Å²) in [6.07, 6.45) is 53.9. The third-order valence-corrected chi connectivity index (χ3v) is 10.7. The van der Waals surface area contributed by atoms with Crippen LogP contribution in [0.2, 0.25) is 0 Å². The number of carbonyl (C=O) groups excluding carboxylic acids is 1. The molecule has 0 aliphatic carbocycles. The molecule has 0 aliphatic rings. The fraction of sp³-hybridized carbons (Fsp3) is 0.804. The highest BCUT2D eigenvalue weighted by molar-refractivity contribution is 7.85. The number of unbranched alkanes of at least 4 members (excludes halogenated alkanes) is 26. The Morgan fingerprint density at radius 2 is 0.811 bits per heavy atom. The fourth-order valence-electron chi connectivity index (χ4n) is 6.59. The zero-order chi connectivity index (χ0) is 38.9. The second-order valence-electron chi connectivity index (χ2n) is 15.3. The summed E-state index contributed by atoms with van der Waals surface area (Å²) in [5.41, 5.74) is 0. The van der Waals surface area contributed by atoms with E-state index in [9.17, 15) is 22.9 Å². The Bertz CT molecular complexity index is 1020. The highest BCUT2D eigenvalue weighted by atomic mass is 32.2. The minimum atomic E-state index is -4.36. The number of aliphatic hydroxyl groups is 1. The van der Waals surface area contributed by atoms with Crippen molar-refractivity contribution in [3.63, 3.8) is 0 Å². The average molecular weight is 764 g/mol. The van der Waals surface area contributed by atoms with E-state index in [2.05, 4.69) is 55.6 Å². The number of amides is 1. The molecule has 0 heterocycles. The highest BCUT2D eigenvalue weighted by Crippen LogP contribution is 2.14. The molecule has 0 aromatic carbocycles. The van der Waals surface area contributed by atoms with E-state index in [4.69, 9.17) is 0 Å². The maximum Gasteiger partial charge on any atom is 0.267 e. The Morgan fingerprint density at radius 1 is 0.491 bits per heavy atom. The summed E-state index contributed by atoms with van der Waals surface area (Å²) in [5, 5.41) is 13.2. The second kappa shape index (κ2) is 40.0. The van der Waals surface area contributed by atoms with Crippen LogP contribution >= 0.6 is 0 Å². The third kappa shape index (κ3) is 41.3. The quantitative estimate of drug-likeness (QED) is 0.0327. The van der Waals surface area contributed by atoms with Gasteiger partial charge in [0, 0.05) is 6.42 Å². The first kappa shape index (κ1) is 51.3. The van der Waals surface area contributed by atoms with Crippen LogP contribution in [0.1, 0.15) is 219 Å². The van der Waals surface area contributed by atoms with E-state index in [1.807, 2.05) is 0 Å². The molecule has 0 radical (unpaired) electrons. The van der Waals surface area contributed by atoms with Crippen molar-refractivity contribution in [2.24, 2.45) is 0 Å². The van der Waals surface area contributed by atoms with Gasteiger partial charge in [-0.3, -0.25) is 9.35 Å². The van der Waals surface area contributed by atoms with Gasteiger partial charge in [-0.25, -0.2) is 0 Å². The summed E-state index contributed by atoms with van der Waals surface area (Å²) < 4.78 is 32.5. The summed E-state index contributed by atoms with van der Waals surface area (Å²) in [4.78, 5) is 12.5. The summed E-state index contributed by atoms with van der Waals surface area (Å²) in [6, 6.07) is -1.08. The first-order valence-corrected chi connectivity index (χ1v) is 23.9. The normalized spacial score (nSPS) is 13.7. The van der Waals surface area contributed by atoms with Crippen molar-refractivity contribution < 1.29 is 22.9 Å². The molecule has 0 aromatic rings. The van der Waals surface area contributed by atoms with E-state index in [0.29, 0.717) is 6.42 Å². The topological polar surface area (TPSA) is 104 Å². The molecular weight excluding hydrogens is 679 g/mol. The van der Waals surface area contributed by atoms with E-state index in [1.54, 1.807) is 6.08 Å². The number of carbonyl (C=O) groups is 1. The van der Waals surface area contributed by atoms with Gasteiger partial charge < -0.3 is 10.4 Å². The lowest BCUT2D eigenvalue weighted by molar-refractivity contribution is -0.122. The number of nitrogens with one attached hydrogen (secondary N) is 1. The maximum atomic E-state index is 12.5. The molecule has 0 aliphatic heterocycles. The van der Waals surface area contributed by atoms with Gasteiger partial charge in [0.1, 0.15) is 0 Å². The lowest BCUT2D eigenvalue weighted by Crippen LogP contribution is -2.46. The molecule has 0 saturated heterocycles. The van der Waals surface area contributed by atoms with Crippen molar-refractivity contribution in [1.82, 2.24) is 5.32 Å². The van der Waals surface area contributed by atoms with Gasteiger partial charge in [0.25, 0.3) is 10.1 Å². The second-order valence-corrected chi connectivity index (χ2v) is 16.8. The molecule has 0 bridgehead atoms. The van der Waals surface area contributed by atoms with Crippen molar-refractivity contribution in [2.75, 3.05) is 5.75 Å². The van der Waals surface area contributed by atoms with Crippen LogP contribution in [0.3, 0.4) is 0 Å². The Kier molecular flexibility index (Phi) is 38.7. The van der Waals surface area contributed by atoms with Gasteiger partial charge in [-0.1, -0.05) is 191 Å². The number of hydrogen-bond donors (Lipinski definition) is 3. The SMILES string of the molecule is CCCCCCC/C=C/CC/C=C/CC/C=C/C(O)C(CS(=O)(=O)O)NC(=O)CCCCCCCCCCCCC/C=C\CCCCCCCCCC. The molecule has 0 saturated carbocycles. The third-order valence-electron chi connectivity index (χ3n) is 9.96. The predicted molar refractivity (Wildman–Crippen MR) is 230 cm³/mol. The number of hydrogen-bond acceptors (Lipinski definition) is 4. The molecular formula is C46H85NO5S. The van der Waals surface area contributed by atoms with Crippen LogP contribution in [-0.2, 0) is 14.9 Å². The molecule has 6 nitrogen and oxygen atoms in total. The Balaban J connectivity index is 3.88. The molecule has 1 amide bonds. The molecule has 2 atom stereocenters. The van der Waals surface area contributed by atoms with Gasteiger partial charge in [-0.05, 0) is 70.6 Å². The van der Waals surface area contributed by atoms with Gasteiger partial charge in [-0.2, -0.15) is 8.42 Å². The van der Waals surface area contributed by atoms with Gasteiger partial charge in [-0.15, -0.1) is 0 Å². The van der Waals surface area contributed by atoms with Crippen molar-refractivity contribution in [3.8, 4) is 0 Å². The minimum absolute atomic E-state index is 0.283. The molecule has 310 valence electrons. The molecule has 0 fully saturated rings. The minimum Gasteiger partial charge on any atom is -0.387 e. The van der Waals surface area contributed by atoms with Crippen molar-refractivity contribution >= 4 is 16.0 Å². The van der Waals surface area contributed by atoms with Crippen LogP contribution in [0.4, 0.5) is 0 Å². The van der Waals surface area contributed by atoms with E-state index in [-0.39, 0.29) is 12.3 Å². The van der Waals surface area contributed by atoms with Gasteiger partial charge in [0.2, 0.25) is 5.91 Å². The van der Waals surface area contributed by atoms with Crippen molar-refractivity contribution in [3.05, 3.63) is 48.6 Å². The molecule has 53 heavy (non-hydrogen) atoms. The van der Waals surface area contributed by atoms with E-state index in [1.165, 1.54) is 154 Å². The maximum absolute atomic E-state index is 12.5. The zero-order valence-electron chi connectivity index (χ0n) is 34.6. The highest BCUT2D eigenvalue weighted by Gasteiger charge is 2.24. The zero-order valence-corrected chi connectivity index (χ0v) is 35.5. The Labute approximate surface area is 329 Å². The summed E-state index contributed by atoms with van der Waals surface area (Å²) in [6.45, 7) is 4.51. The lowest BCUT2D eigenvalue weighted by atomic mass is 10.0. The Hall–Kier alpha value is -1.70. The Morgan fingerprint density at radius 3 is 1.19 bits per heavy atom. The molecule has 7 heteroatoms. The smallest absolute Gasteiger partial charge is 0.267 e. The summed E-state index contributed by atoms with van der Waals surface area (Å²) >= 11 is 0. The van der Waals surface area contributed by atoms with Crippen LogP contribution in [0, 0.1) is 0 Å². The van der Waals surface area contributed by atoms with Crippen LogP contribution in [0.15, 0.2) is 48.6 Å². The van der Waals surface area contributed by atoms with Crippen LogP contribution in [-0.4, -0.2) is 41.9 Å². The van der Waals surface area contributed by atoms with E-state index in [0.717, 1.165) is 44.9 Å². The number of rotatable bonds is 40. The molecule has 2 unspecified atom stereocenters. The van der Waals surface area contributed by atoms with Crippen LogP contribution in [0.25, 0.3) is 0 Å². The number of allylic oxidation sites excluding steroid dienone is 7. The van der Waals surface area contributed by atoms with Crippen molar-refractivity contribution in [2.45, 2.75) is 231 Å². The molecule has 0 spiro atoms. The van der Waals surface area contributed by atoms with Gasteiger partial charge >= 0.3 is 0 Å². The fourth-order valence-corrected chi connectivity index (χ4v) is 7.33. The van der Waals surface area contributed by atoms with E-state index < -0.39 is 28.0 Å². The molecule has 0 rings (SSSR count).